The van der Waals surface area contributed by atoms with Crippen molar-refractivity contribution in [3.8, 4) is 0 Å². The van der Waals surface area contributed by atoms with Crippen molar-refractivity contribution in [3.63, 3.8) is 0 Å². The predicted molar refractivity (Wildman–Crippen MR) is 125 cm³/mol. The van der Waals surface area contributed by atoms with Crippen LogP contribution in [0.4, 0.5) is 4.39 Å². The Morgan fingerprint density at radius 1 is 1.12 bits per heavy atom. The summed E-state index contributed by atoms with van der Waals surface area (Å²) in [4.78, 5) is 28.3. The molecular weight excluding hydrogens is 419 g/mol. The molecule has 2 aliphatic heterocycles. The van der Waals surface area contributed by atoms with Gasteiger partial charge < -0.3 is 15.0 Å². The van der Waals surface area contributed by atoms with Gasteiger partial charge in [-0.25, -0.2) is 4.39 Å². The zero-order valence-electron chi connectivity index (χ0n) is 19.5. The van der Waals surface area contributed by atoms with E-state index in [0.717, 1.165) is 16.7 Å². The number of carbonyl (C=O) groups is 2. The number of rotatable bonds is 6. The molecule has 1 atom stereocenters. The Labute approximate surface area is 195 Å². The fourth-order valence-electron chi connectivity index (χ4n) is 5.01. The van der Waals surface area contributed by atoms with Crippen LogP contribution in [0, 0.1) is 11.7 Å². The Bertz CT molecular complexity index is 1000. The Morgan fingerprint density at radius 2 is 1.85 bits per heavy atom. The summed E-state index contributed by atoms with van der Waals surface area (Å²) in [5.41, 5.74) is 2.71. The average molecular weight is 453 g/mol. The molecule has 1 saturated heterocycles. The standard InChI is InChI=1S/C27H33FN2O3/c1-19(2)14-25(31)30-17-21-7-4-3-6-20(21)15-24(30)26(32)29-18-27(10-12-33-13-11-27)22-8-5-9-23(28)16-22/h3-9,16,19,24H,10-15,17-18H2,1-2H3,(H,29,32). The fraction of sp³-hybridized carbons (Fsp3) is 0.481. The first-order chi connectivity index (χ1) is 15.9. The van der Waals surface area contributed by atoms with Crippen LogP contribution in [-0.2, 0) is 32.7 Å². The summed E-state index contributed by atoms with van der Waals surface area (Å²) < 4.78 is 19.6. The molecule has 176 valence electrons. The van der Waals surface area contributed by atoms with Crippen LogP contribution in [-0.4, -0.2) is 42.5 Å². The third kappa shape index (κ3) is 5.27. The van der Waals surface area contributed by atoms with Crippen LogP contribution in [0.1, 0.15) is 49.8 Å². The molecule has 1 fully saturated rings. The van der Waals surface area contributed by atoms with E-state index in [2.05, 4.69) is 5.32 Å². The molecule has 2 heterocycles. The second-order valence-electron chi connectivity index (χ2n) is 9.73. The van der Waals surface area contributed by atoms with Gasteiger partial charge >= 0.3 is 0 Å². The van der Waals surface area contributed by atoms with Crippen LogP contribution in [0.25, 0.3) is 0 Å². The first kappa shape index (κ1) is 23.4. The van der Waals surface area contributed by atoms with Crippen LogP contribution in [0.5, 0.6) is 0 Å². The Hall–Kier alpha value is -2.73. The minimum absolute atomic E-state index is 0.00515. The van der Waals surface area contributed by atoms with Gasteiger partial charge in [0.25, 0.3) is 0 Å². The molecule has 33 heavy (non-hydrogen) atoms. The SMILES string of the molecule is CC(C)CC(=O)N1Cc2ccccc2CC1C(=O)NCC1(c2cccc(F)c2)CCOCC1. The van der Waals surface area contributed by atoms with Crippen molar-refractivity contribution in [1.29, 1.82) is 0 Å². The number of nitrogens with one attached hydrogen (secondary N) is 1. The van der Waals surface area contributed by atoms with Gasteiger partial charge in [-0.2, -0.15) is 0 Å². The number of fused-ring (bicyclic) bond motifs is 1. The third-order valence-corrected chi connectivity index (χ3v) is 6.94. The lowest BCUT2D eigenvalue weighted by atomic mass is 9.74. The summed E-state index contributed by atoms with van der Waals surface area (Å²) in [7, 11) is 0. The number of hydrogen-bond acceptors (Lipinski definition) is 3. The average Bonchev–Trinajstić information content (AvgIpc) is 2.82. The van der Waals surface area contributed by atoms with Gasteiger partial charge in [0.15, 0.2) is 0 Å². The highest BCUT2D eigenvalue weighted by Crippen LogP contribution is 2.35. The van der Waals surface area contributed by atoms with Crippen molar-refractivity contribution in [2.24, 2.45) is 5.92 Å². The molecule has 1 N–H and O–H groups in total. The molecular formula is C27H33FN2O3. The molecule has 5 nitrogen and oxygen atoms in total. The zero-order valence-corrected chi connectivity index (χ0v) is 19.5. The summed E-state index contributed by atoms with van der Waals surface area (Å²) in [6.07, 6.45) is 2.33. The summed E-state index contributed by atoms with van der Waals surface area (Å²) in [6.45, 7) is 6.01. The number of benzene rings is 2. The predicted octanol–water partition coefficient (Wildman–Crippen LogP) is 3.99. The minimum Gasteiger partial charge on any atom is -0.381 e. The summed E-state index contributed by atoms with van der Waals surface area (Å²) in [6, 6.07) is 14.1. The van der Waals surface area contributed by atoms with Crippen molar-refractivity contribution in [3.05, 3.63) is 71.0 Å². The van der Waals surface area contributed by atoms with Gasteiger partial charge in [0.1, 0.15) is 11.9 Å². The highest BCUT2D eigenvalue weighted by atomic mass is 19.1. The van der Waals surface area contributed by atoms with Gasteiger partial charge in [-0.3, -0.25) is 9.59 Å². The van der Waals surface area contributed by atoms with Crippen molar-refractivity contribution in [2.45, 2.75) is 57.5 Å². The van der Waals surface area contributed by atoms with Crippen molar-refractivity contribution in [1.82, 2.24) is 10.2 Å². The van der Waals surface area contributed by atoms with Crippen LogP contribution < -0.4 is 5.32 Å². The molecule has 0 radical (unpaired) electrons. The van der Waals surface area contributed by atoms with E-state index in [0.29, 0.717) is 52.0 Å². The van der Waals surface area contributed by atoms with Gasteiger partial charge in [0.2, 0.25) is 11.8 Å². The lowest BCUT2D eigenvalue weighted by Crippen LogP contribution is -2.55. The molecule has 2 aromatic rings. The Kier molecular flexibility index (Phi) is 7.13. The molecule has 0 aliphatic carbocycles. The van der Waals surface area contributed by atoms with Crippen LogP contribution >= 0.6 is 0 Å². The van der Waals surface area contributed by atoms with Crippen LogP contribution in [0.15, 0.2) is 48.5 Å². The Balaban J connectivity index is 1.55. The summed E-state index contributed by atoms with van der Waals surface area (Å²) in [5, 5.41) is 3.14. The van der Waals surface area contributed by atoms with Crippen molar-refractivity contribution < 1.29 is 18.7 Å². The van der Waals surface area contributed by atoms with E-state index in [9.17, 15) is 14.0 Å². The van der Waals surface area contributed by atoms with E-state index in [-0.39, 0.29) is 29.0 Å². The van der Waals surface area contributed by atoms with E-state index < -0.39 is 6.04 Å². The topological polar surface area (TPSA) is 58.6 Å². The molecule has 2 aliphatic rings. The van der Waals surface area contributed by atoms with Crippen LogP contribution in [0.3, 0.4) is 0 Å². The smallest absolute Gasteiger partial charge is 0.243 e. The maximum absolute atomic E-state index is 14.0. The molecule has 0 saturated carbocycles. The number of hydrogen-bond donors (Lipinski definition) is 1. The van der Waals surface area contributed by atoms with Gasteiger partial charge in [-0.1, -0.05) is 50.2 Å². The third-order valence-electron chi connectivity index (χ3n) is 6.94. The number of ether oxygens (including phenoxy) is 1. The van der Waals surface area contributed by atoms with Gasteiger partial charge in [-0.05, 0) is 47.6 Å². The molecule has 4 rings (SSSR count). The molecule has 0 bridgehead atoms. The first-order valence-electron chi connectivity index (χ1n) is 11.9. The number of nitrogens with zero attached hydrogens (tertiary/aromatic N) is 1. The van der Waals surface area contributed by atoms with Crippen molar-refractivity contribution in [2.75, 3.05) is 19.8 Å². The first-order valence-corrected chi connectivity index (χ1v) is 11.9. The zero-order chi connectivity index (χ0) is 23.4. The molecule has 0 spiro atoms. The normalized spacial score (nSPS) is 19.8. The fourth-order valence-corrected chi connectivity index (χ4v) is 5.01. The monoisotopic (exact) mass is 452 g/mol. The summed E-state index contributed by atoms with van der Waals surface area (Å²) >= 11 is 0. The highest BCUT2D eigenvalue weighted by molar-refractivity contribution is 5.88. The lowest BCUT2D eigenvalue weighted by molar-refractivity contribution is -0.142. The van der Waals surface area contributed by atoms with E-state index in [1.165, 1.54) is 6.07 Å². The number of carbonyl (C=O) groups excluding carboxylic acids is 2. The number of amides is 2. The van der Waals surface area contributed by atoms with Gasteiger partial charge in [0.05, 0.1) is 0 Å². The highest BCUT2D eigenvalue weighted by Gasteiger charge is 2.38. The Morgan fingerprint density at radius 3 is 2.55 bits per heavy atom. The lowest BCUT2D eigenvalue weighted by Gasteiger charge is -2.40. The molecule has 1 unspecified atom stereocenters. The van der Waals surface area contributed by atoms with Gasteiger partial charge in [0, 0.05) is 44.6 Å². The molecule has 6 heteroatoms. The van der Waals surface area contributed by atoms with Crippen molar-refractivity contribution >= 4 is 11.8 Å². The van der Waals surface area contributed by atoms with E-state index in [1.54, 1.807) is 17.0 Å². The maximum Gasteiger partial charge on any atom is 0.243 e. The van der Waals surface area contributed by atoms with E-state index in [4.69, 9.17) is 4.74 Å². The molecule has 2 aromatic carbocycles. The summed E-state index contributed by atoms with van der Waals surface area (Å²) in [5.74, 6) is -0.203. The maximum atomic E-state index is 14.0. The van der Waals surface area contributed by atoms with Gasteiger partial charge in [-0.15, -0.1) is 0 Å². The van der Waals surface area contributed by atoms with Crippen LogP contribution in [0.2, 0.25) is 0 Å². The molecule has 0 aromatic heterocycles. The largest absolute Gasteiger partial charge is 0.381 e. The molecule has 2 amide bonds. The second kappa shape index (κ2) is 10.0. The quantitative estimate of drug-likeness (QED) is 0.721. The number of halogens is 1. The second-order valence-corrected chi connectivity index (χ2v) is 9.73. The minimum atomic E-state index is -0.546. The van der Waals surface area contributed by atoms with E-state index in [1.807, 2.05) is 44.2 Å². The van der Waals surface area contributed by atoms with E-state index >= 15 is 0 Å².